The topological polar surface area (TPSA) is 26.0 Å². The molecule has 0 radical (unpaired) electrons. The summed E-state index contributed by atoms with van der Waals surface area (Å²) in [5.74, 6) is 0. The van der Waals surface area contributed by atoms with Gasteiger partial charge in [0.2, 0.25) is 0 Å². The maximum absolute atomic E-state index is 7.91. The van der Waals surface area contributed by atoms with E-state index in [4.69, 9.17) is 12.6 Å². The Morgan fingerprint density at radius 2 is 1.63 bits per heavy atom. The van der Waals surface area contributed by atoms with Crippen LogP contribution in [0.15, 0.2) is 71.3 Å². The molecule has 3 heteroatoms. The van der Waals surface area contributed by atoms with E-state index in [0.29, 0.717) is 16.8 Å². The van der Waals surface area contributed by atoms with Crippen molar-refractivity contribution in [1.29, 1.82) is 0 Å². The lowest BCUT2D eigenvalue weighted by Gasteiger charge is -2.18. The van der Waals surface area contributed by atoms with Gasteiger partial charge >= 0.3 is 0 Å². The third kappa shape index (κ3) is 2.27. The van der Waals surface area contributed by atoms with Gasteiger partial charge in [-0.3, -0.25) is 4.98 Å². The summed E-state index contributed by atoms with van der Waals surface area (Å²) in [7, 11) is -1.87. The van der Waals surface area contributed by atoms with Crippen LogP contribution in [0.25, 0.3) is 44.3 Å². The summed E-state index contributed by atoms with van der Waals surface area (Å²) in [6.45, 7) is -0.462. The third-order valence-corrected chi connectivity index (χ3v) is 9.92. The van der Waals surface area contributed by atoms with Gasteiger partial charge in [0.15, 0.2) is 0 Å². The van der Waals surface area contributed by atoms with E-state index in [1.807, 2.05) is 18.2 Å². The molecule has 3 aromatic carbocycles. The highest BCUT2D eigenvalue weighted by atomic mass is 28.3. The number of hydrogen-bond donors (Lipinski definition) is 0. The van der Waals surface area contributed by atoms with Crippen molar-refractivity contribution in [2.75, 3.05) is 0 Å². The number of aromatic nitrogens is 1. The Kier molecular flexibility index (Phi) is 2.47. The summed E-state index contributed by atoms with van der Waals surface area (Å²) >= 11 is 0. The second-order valence-electron chi connectivity index (χ2n) is 8.46. The van der Waals surface area contributed by atoms with E-state index in [1.165, 1.54) is 27.6 Å². The monoisotopic (exact) mass is 411 g/mol. The summed E-state index contributed by atoms with van der Waals surface area (Å²) in [5, 5.41) is 4.66. The molecule has 5 aromatic rings. The van der Waals surface area contributed by atoms with E-state index in [9.17, 15) is 0 Å². The molecule has 0 N–H and O–H groups in total. The second kappa shape index (κ2) is 5.93. The number of aryl methyl sites for hydroxylation is 2. The highest BCUT2D eigenvalue weighted by molar-refractivity contribution is 7.03. The van der Waals surface area contributed by atoms with E-state index >= 15 is 0 Å². The molecule has 0 bridgehead atoms. The predicted octanol–water partition coefficient (Wildman–Crippen LogP) is 6.07. The van der Waals surface area contributed by atoms with Crippen molar-refractivity contribution in [1.82, 2.24) is 4.98 Å². The lowest BCUT2D eigenvalue weighted by Crippen LogP contribution is -2.49. The zero-order valence-electron chi connectivity index (χ0n) is 22.7. The van der Waals surface area contributed by atoms with Crippen LogP contribution in [0.5, 0.6) is 0 Å². The lowest BCUT2D eigenvalue weighted by atomic mass is 10.0. The molecule has 0 aliphatic carbocycles. The van der Waals surface area contributed by atoms with Crippen LogP contribution >= 0.6 is 0 Å². The highest BCUT2D eigenvalue weighted by Crippen LogP contribution is 2.38. The van der Waals surface area contributed by atoms with Crippen LogP contribution < -0.4 is 10.4 Å². The summed E-state index contributed by atoms with van der Waals surface area (Å²) < 4.78 is 53.4. The molecular weight excluding hydrogens is 382 g/mol. The maximum atomic E-state index is 7.91. The Bertz CT molecular complexity index is 1700. The first kappa shape index (κ1) is 12.5. The number of pyridine rings is 1. The quantitative estimate of drug-likeness (QED) is 0.313. The summed E-state index contributed by atoms with van der Waals surface area (Å²) in [4.78, 5) is 4.36. The van der Waals surface area contributed by atoms with Crippen LogP contribution in [0.3, 0.4) is 0 Å². The number of hydrogen-bond acceptors (Lipinski definition) is 2. The van der Waals surface area contributed by atoms with E-state index in [-0.39, 0.29) is 11.1 Å². The standard InChI is InChI=1S/C27H23NOSi/c1-16-12-23(28-15-17(16)2)20-10-7-9-19-21-13-22-18-8-5-6-11-25(18)30(3,4)26(22)14-24(21)29-27(19)20/h5-15H,1-4H3/i1D3,2D3. The van der Waals surface area contributed by atoms with Crippen molar-refractivity contribution in [3.63, 3.8) is 0 Å². The number of rotatable bonds is 1. The first-order valence-corrected chi connectivity index (χ1v) is 13.0. The SMILES string of the molecule is [2H]C([2H])([2H])c1cnc(-c2cccc3c2oc2cc4c(cc23)-c2ccccc2[Si]4(C)C)cc1C([2H])([2H])[2H]. The predicted molar refractivity (Wildman–Crippen MR) is 129 cm³/mol. The molecule has 0 amide bonds. The molecule has 0 unspecified atom stereocenters. The number of benzene rings is 3. The maximum Gasteiger partial charge on any atom is 0.144 e. The van der Waals surface area contributed by atoms with Gasteiger partial charge < -0.3 is 4.42 Å². The van der Waals surface area contributed by atoms with Gasteiger partial charge in [-0.25, -0.2) is 0 Å². The Morgan fingerprint density at radius 1 is 0.800 bits per heavy atom. The minimum absolute atomic E-state index is 0.219. The first-order chi connectivity index (χ1) is 16.9. The van der Waals surface area contributed by atoms with Crippen molar-refractivity contribution < 1.29 is 12.6 Å². The second-order valence-corrected chi connectivity index (χ2v) is 12.8. The van der Waals surface area contributed by atoms with Gasteiger partial charge in [-0.15, -0.1) is 0 Å². The molecule has 2 nitrogen and oxygen atoms in total. The number of fused-ring (bicyclic) bond motifs is 6. The number of para-hydroxylation sites is 1. The highest BCUT2D eigenvalue weighted by Gasteiger charge is 2.37. The minimum atomic E-state index is -2.59. The Labute approximate surface area is 185 Å². The Hall–Kier alpha value is -3.17. The zero-order chi connectivity index (χ0) is 25.6. The van der Waals surface area contributed by atoms with E-state index in [2.05, 4.69) is 54.5 Å². The van der Waals surface area contributed by atoms with Crippen molar-refractivity contribution in [3.8, 4) is 22.4 Å². The van der Waals surface area contributed by atoms with E-state index < -0.39 is 21.8 Å². The van der Waals surface area contributed by atoms with Crippen LogP contribution in [-0.2, 0) is 0 Å². The van der Waals surface area contributed by atoms with Crippen LogP contribution in [0.2, 0.25) is 13.1 Å². The van der Waals surface area contributed by atoms with Gasteiger partial charge in [0.05, 0.1) is 5.69 Å². The summed E-state index contributed by atoms with van der Waals surface area (Å²) in [6.07, 6.45) is 1.16. The largest absolute Gasteiger partial charge is 0.455 e. The van der Waals surface area contributed by atoms with Gasteiger partial charge in [0, 0.05) is 30.8 Å². The molecule has 0 saturated heterocycles. The summed E-state index contributed by atoms with van der Waals surface area (Å²) in [5.41, 5.74) is 4.42. The Morgan fingerprint density at radius 3 is 2.50 bits per heavy atom. The number of nitrogens with zero attached hydrogens (tertiary/aromatic N) is 1. The van der Waals surface area contributed by atoms with E-state index in [1.54, 1.807) is 0 Å². The molecular formula is C27H23NOSi. The molecule has 0 saturated carbocycles. The zero-order valence-corrected chi connectivity index (χ0v) is 17.7. The fourth-order valence-electron chi connectivity index (χ4n) is 4.80. The molecule has 0 spiro atoms. The third-order valence-electron chi connectivity index (χ3n) is 6.38. The van der Waals surface area contributed by atoms with Crippen molar-refractivity contribution >= 4 is 40.4 Å². The molecule has 0 atom stereocenters. The van der Waals surface area contributed by atoms with Gasteiger partial charge in [0.25, 0.3) is 0 Å². The molecule has 6 rings (SSSR count). The molecule has 1 aliphatic rings. The average molecular weight is 412 g/mol. The van der Waals surface area contributed by atoms with Crippen molar-refractivity contribution in [2.45, 2.75) is 26.8 Å². The molecule has 1 aliphatic heterocycles. The minimum Gasteiger partial charge on any atom is -0.455 e. The van der Waals surface area contributed by atoms with Crippen LogP contribution in [-0.4, -0.2) is 13.1 Å². The number of furan rings is 1. The Balaban J connectivity index is 1.60. The average Bonchev–Trinajstić information content (AvgIpc) is 3.29. The van der Waals surface area contributed by atoms with Gasteiger partial charge in [0.1, 0.15) is 19.2 Å². The molecule has 0 fully saturated rings. The molecule has 146 valence electrons. The van der Waals surface area contributed by atoms with Crippen LogP contribution in [0.1, 0.15) is 19.4 Å². The van der Waals surface area contributed by atoms with E-state index in [0.717, 1.165) is 22.6 Å². The molecule has 2 aromatic heterocycles. The van der Waals surface area contributed by atoms with Crippen molar-refractivity contribution in [2.24, 2.45) is 0 Å². The fraction of sp³-hybridized carbons (Fsp3) is 0.148. The molecule has 3 heterocycles. The normalized spacial score (nSPS) is 18.1. The van der Waals surface area contributed by atoms with Crippen LogP contribution in [0, 0.1) is 13.7 Å². The smallest absolute Gasteiger partial charge is 0.144 e. The lowest BCUT2D eigenvalue weighted by molar-refractivity contribution is 0.670. The fourth-order valence-corrected chi connectivity index (χ4v) is 7.86. The van der Waals surface area contributed by atoms with Crippen LogP contribution in [0.4, 0.5) is 0 Å². The van der Waals surface area contributed by atoms with Gasteiger partial charge in [-0.05, 0) is 70.6 Å². The van der Waals surface area contributed by atoms with Crippen molar-refractivity contribution in [3.05, 3.63) is 78.0 Å². The molecule has 30 heavy (non-hydrogen) atoms. The first-order valence-electron chi connectivity index (χ1n) is 13.0. The van der Waals surface area contributed by atoms with Gasteiger partial charge in [-0.2, -0.15) is 0 Å². The summed E-state index contributed by atoms with van der Waals surface area (Å²) in [6, 6.07) is 20.0. The van der Waals surface area contributed by atoms with Gasteiger partial charge in [-0.1, -0.05) is 49.5 Å².